The largest absolute Gasteiger partial charge is 0.480 e. The first kappa shape index (κ1) is 15.3. The van der Waals surface area contributed by atoms with Gasteiger partial charge >= 0.3 is 5.97 Å². The zero-order chi connectivity index (χ0) is 15.8. The van der Waals surface area contributed by atoms with Gasteiger partial charge in [0, 0.05) is 7.05 Å². The molecule has 1 aromatic heterocycles. The van der Waals surface area contributed by atoms with E-state index >= 15 is 0 Å². The summed E-state index contributed by atoms with van der Waals surface area (Å²) < 4.78 is 1.49. The number of carboxylic acids is 1. The standard InChI is InChI=1S/C14H22N4O3/c1-8-5-4-6-14(7-8,13(20)21)16-12-10(11(15)19)9(2)17-18(12)3/h8,16H,4-7H2,1-3H3,(H2,15,19)(H,20,21). The highest BCUT2D eigenvalue weighted by Gasteiger charge is 2.43. The molecule has 0 radical (unpaired) electrons. The molecule has 2 unspecified atom stereocenters. The number of anilines is 1. The van der Waals surface area contributed by atoms with Crippen molar-refractivity contribution in [2.75, 3.05) is 5.32 Å². The van der Waals surface area contributed by atoms with Gasteiger partial charge in [-0.3, -0.25) is 9.48 Å². The minimum atomic E-state index is -1.07. The lowest BCUT2D eigenvalue weighted by Crippen LogP contribution is -2.50. The number of aromatic nitrogens is 2. The Hall–Kier alpha value is -2.05. The molecular formula is C14H22N4O3. The zero-order valence-corrected chi connectivity index (χ0v) is 12.6. The Morgan fingerprint density at radius 2 is 2.19 bits per heavy atom. The Morgan fingerprint density at radius 3 is 2.71 bits per heavy atom. The van der Waals surface area contributed by atoms with E-state index in [2.05, 4.69) is 10.4 Å². The van der Waals surface area contributed by atoms with E-state index in [9.17, 15) is 14.7 Å². The van der Waals surface area contributed by atoms with E-state index in [4.69, 9.17) is 5.73 Å². The smallest absolute Gasteiger partial charge is 0.329 e. The fourth-order valence-electron chi connectivity index (χ4n) is 3.24. The van der Waals surface area contributed by atoms with Crippen molar-refractivity contribution in [3.8, 4) is 0 Å². The van der Waals surface area contributed by atoms with Crippen molar-refractivity contribution in [1.82, 2.24) is 9.78 Å². The molecule has 1 fully saturated rings. The van der Waals surface area contributed by atoms with Crippen LogP contribution >= 0.6 is 0 Å². The van der Waals surface area contributed by atoms with Crippen LogP contribution in [0.15, 0.2) is 0 Å². The number of nitrogens with two attached hydrogens (primary N) is 1. The molecule has 1 aliphatic rings. The zero-order valence-electron chi connectivity index (χ0n) is 12.6. The molecule has 2 rings (SSSR count). The number of aryl methyl sites for hydroxylation is 2. The van der Waals surface area contributed by atoms with Crippen LogP contribution in [0.3, 0.4) is 0 Å². The molecule has 1 aliphatic carbocycles. The quantitative estimate of drug-likeness (QED) is 0.774. The van der Waals surface area contributed by atoms with E-state index in [-0.39, 0.29) is 5.56 Å². The van der Waals surface area contributed by atoms with Gasteiger partial charge in [-0.1, -0.05) is 19.8 Å². The van der Waals surface area contributed by atoms with Crippen LogP contribution in [0.1, 0.15) is 48.7 Å². The van der Waals surface area contributed by atoms with Gasteiger partial charge in [-0.15, -0.1) is 0 Å². The lowest BCUT2D eigenvalue weighted by molar-refractivity contribution is -0.144. The summed E-state index contributed by atoms with van der Waals surface area (Å²) in [4.78, 5) is 23.4. The minimum Gasteiger partial charge on any atom is -0.480 e. The van der Waals surface area contributed by atoms with Gasteiger partial charge in [0.1, 0.15) is 16.9 Å². The number of primary amides is 1. The number of hydrogen-bond donors (Lipinski definition) is 3. The first-order valence-electron chi connectivity index (χ1n) is 7.12. The Morgan fingerprint density at radius 1 is 1.52 bits per heavy atom. The van der Waals surface area contributed by atoms with Crippen molar-refractivity contribution in [3.05, 3.63) is 11.3 Å². The molecule has 21 heavy (non-hydrogen) atoms. The fourth-order valence-corrected chi connectivity index (χ4v) is 3.24. The highest BCUT2D eigenvalue weighted by atomic mass is 16.4. The number of carboxylic acid groups (broad SMARTS) is 1. The van der Waals surface area contributed by atoms with E-state index in [0.717, 1.165) is 12.8 Å². The summed E-state index contributed by atoms with van der Waals surface area (Å²) in [5.74, 6) is -0.805. The van der Waals surface area contributed by atoms with Crippen molar-refractivity contribution in [2.24, 2.45) is 18.7 Å². The molecule has 1 heterocycles. The first-order chi connectivity index (χ1) is 9.77. The molecule has 0 saturated heterocycles. The van der Waals surface area contributed by atoms with Crippen LogP contribution in [0, 0.1) is 12.8 Å². The number of carbonyl (C=O) groups is 2. The summed E-state index contributed by atoms with van der Waals surface area (Å²) in [6, 6.07) is 0. The van der Waals surface area contributed by atoms with Gasteiger partial charge in [0.15, 0.2) is 0 Å². The summed E-state index contributed by atoms with van der Waals surface area (Å²) in [5.41, 5.74) is 5.09. The maximum absolute atomic E-state index is 11.8. The van der Waals surface area contributed by atoms with Crippen LogP contribution in [-0.2, 0) is 11.8 Å². The first-order valence-corrected chi connectivity index (χ1v) is 7.12. The van der Waals surface area contributed by atoms with Crippen LogP contribution in [0.5, 0.6) is 0 Å². The lowest BCUT2D eigenvalue weighted by Gasteiger charge is -2.37. The molecule has 1 saturated carbocycles. The molecule has 0 aliphatic heterocycles. The SMILES string of the molecule is Cc1nn(C)c(NC2(C(=O)O)CCCC(C)C2)c1C(N)=O. The van der Waals surface area contributed by atoms with Gasteiger partial charge in [0.2, 0.25) is 0 Å². The number of carbonyl (C=O) groups excluding carboxylic acids is 1. The average molecular weight is 294 g/mol. The Kier molecular flexibility index (Phi) is 3.93. The third-order valence-electron chi connectivity index (χ3n) is 4.23. The van der Waals surface area contributed by atoms with Gasteiger partial charge in [-0.25, -0.2) is 4.79 Å². The topological polar surface area (TPSA) is 110 Å². The molecule has 7 heteroatoms. The summed E-state index contributed by atoms with van der Waals surface area (Å²) in [6.07, 6.45) is 2.90. The van der Waals surface area contributed by atoms with Crippen molar-refractivity contribution >= 4 is 17.7 Å². The average Bonchev–Trinajstić information content (AvgIpc) is 2.63. The van der Waals surface area contributed by atoms with Crippen molar-refractivity contribution in [3.63, 3.8) is 0 Å². The normalized spacial score (nSPS) is 25.6. The van der Waals surface area contributed by atoms with Crippen LogP contribution < -0.4 is 11.1 Å². The van der Waals surface area contributed by atoms with Crippen molar-refractivity contribution in [1.29, 1.82) is 0 Å². The predicted molar refractivity (Wildman–Crippen MR) is 78.1 cm³/mol. The third-order valence-corrected chi connectivity index (χ3v) is 4.23. The number of nitrogens with one attached hydrogen (secondary N) is 1. The molecule has 0 bridgehead atoms. The molecule has 4 N–H and O–H groups in total. The molecule has 7 nitrogen and oxygen atoms in total. The van der Waals surface area contributed by atoms with Gasteiger partial charge in [-0.05, 0) is 25.7 Å². The van der Waals surface area contributed by atoms with Crippen LogP contribution in [0.4, 0.5) is 5.82 Å². The van der Waals surface area contributed by atoms with Crippen LogP contribution in [0.2, 0.25) is 0 Å². The maximum atomic E-state index is 11.8. The molecule has 0 spiro atoms. The molecule has 0 aromatic carbocycles. The summed E-state index contributed by atoms with van der Waals surface area (Å²) in [5, 5.41) is 16.9. The lowest BCUT2D eigenvalue weighted by atomic mass is 9.76. The summed E-state index contributed by atoms with van der Waals surface area (Å²) in [7, 11) is 1.67. The van der Waals surface area contributed by atoms with Crippen molar-refractivity contribution < 1.29 is 14.7 Å². The second kappa shape index (κ2) is 5.38. The monoisotopic (exact) mass is 294 g/mol. The van der Waals surface area contributed by atoms with Crippen LogP contribution in [-0.4, -0.2) is 32.3 Å². The van der Waals surface area contributed by atoms with E-state index in [0.29, 0.717) is 30.3 Å². The second-order valence-corrected chi connectivity index (χ2v) is 6.01. The maximum Gasteiger partial charge on any atom is 0.329 e. The van der Waals surface area contributed by atoms with E-state index < -0.39 is 17.4 Å². The second-order valence-electron chi connectivity index (χ2n) is 6.01. The fraction of sp³-hybridized carbons (Fsp3) is 0.643. The van der Waals surface area contributed by atoms with E-state index in [1.165, 1.54) is 4.68 Å². The molecule has 1 amide bonds. The van der Waals surface area contributed by atoms with Gasteiger partial charge in [0.25, 0.3) is 5.91 Å². The Labute approximate surface area is 123 Å². The highest BCUT2D eigenvalue weighted by molar-refractivity contribution is 5.99. The predicted octanol–water partition coefficient (Wildman–Crippen LogP) is 1.27. The molecule has 1 aromatic rings. The number of rotatable bonds is 4. The molecular weight excluding hydrogens is 272 g/mol. The number of aliphatic carboxylic acids is 1. The number of hydrogen-bond acceptors (Lipinski definition) is 4. The third kappa shape index (κ3) is 2.72. The number of amides is 1. The van der Waals surface area contributed by atoms with Crippen LogP contribution in [0.25, 0.3) is 0 Å². The van der Waals surface area contributed by atoms with Gasteiger partial charge in [-0.2, -0.15) is 5.10 Å². The Bertz CT molecular complexity index is 581. The van der Waals surface area contributed by atoms with E-state index in [1.807, 2.05) is 6.92 Å². The summed E-state index contributed by atoms with van der Waals surface area (Å²) >= 11 is 0. The van der Waals surface area contributed by atoms with Crippen molar-refractivity contribution in [2.45, 2.75) is 45.1 Å². The highest BCUT2D eigenvalue weighted by Crippen LogP contribution is 2.36. The molecule has 2 atom stereocenters. The van der Waals surface area contributed by atoms with Gasteiger partial charge < -0.3 is 16.2 Å². The Balaban J connectivity index is 2.43. The molecule has 116 valence electrons. The minimum absolute atomic E-state index is 0.261. The summed E-state index contributed by atoms with van der Waals surface area (Å²) in [6.45, 7) is 3.73. The number of nitrogens with zero attached hydrogens (tertiary/aromatic N) is 2. The van der Waals surface area contributed by atoms with Gasteiger partial charge in [0.05, 0.1) is 5.69 Å². The van der Waals surface area contributed by atoms with E-state index in [1.54, 1.807) is 14.0 Å².